The predicted octanol–water partition coefficient (Wildman–Crippen LogP) is 6.07. The molecule has 3 rings (SSSR count). The zero-order chi connectivity index (χ0) is 23.2. The van der Waals surface area contributed by atoms with Gasteiger partial charge in [-0.25, -0.2) is 0 Å². The number of ether oxygens (including phenoxy) is 1. The molecule has 1 N–H and O–H groups in total. The number of rotatable bonds is 6. The molecule has 8 heteroatoms. The summed E-state index contributed by atoms with van der Waals surface area (Å²) in [5.74, 6) is -2.71. The summed E-state index contributed by atoms with van der Waals surface area (Å²) in [5.41, 5.74) is 2.80. The fourth-order valence-corrected chi connectivity index (χ4v) is 4.39. The van der Waals surface area contributed by atoms with E-state index < -0.39 is 39.8 Å². The molecule has 3 atom stereocenters. The van der Waals surface area contributed by atoms with E-state index in [1.165, 1.54) is 0 Å². The topological polar surface area (TPSA) is 46.5 Å². The van der Waals surface area contributed by atoms with E-state index in [2.05, 4.69) is 0 Å². The van der Waals surface area contributed by atoms with Gasteiger partial charge in [-0.2, -0.15) is 13.2 Å². The van der Waals surface area contributed by atoms with Crippen LogP contribution in [0.4, 0.5) is 13.2 Å². The standard InChI is InChI=1S/C23H23Cl2F3O3/c1-13-15(10-7-11-16(13)14-8-5-4-6-9-14)12-31-20(30)18-17(21(18,2)3)19(29)22(24,25)23(26,27)28/h4-11,17-19,29H,12H2,1-3H3. The number of aliphatic hydroxyl groups is 1. The average molecular weight is 475 g/mol. The second-order valence-electron chi connectivity index (χ2n) is 8.45. The first-order valence-electron chi connectivity index (χ1n) is 9.73. The molecule has 0 amide bonds. The molecule has 3 nitrogen and oxygen atoms in total. The van der Waals surface area contributed by atoms with Gasteiger partial charge in [-0.15, -0.1) is 0 Å². The summed E-state index contributed by atoms with van der Waals surface area (Å²) in [6, 6.07) is 15.4. The van der Waals surface area contributed by atoms with Crippen LogP contribution in [-0.2, 0) is 16.1 Å². The number of alkyl halides is 5. The van der Waals surface area contributed by atoms with Crippen molar-refractivity contribution in [2.75, 3.05) is 0 Å². The minimum Gasteiger partial charge on any atom is -0.461 e. The summed E-state index contributed by atoms with van der Waals surface area (Å²) in [6.45, 7) is 5.04. The lowest BCUT2D eigenvalue weighted by Gasteiger charge is -2.28. The summed E-state index contributed by atoms with van der Waals surface area (Å²) < 4.78 is 41.4. The molecule has 0 bridgehead atoms. The molecule has 0 saturated heterocycles. The third-order valence-corrected chi connectivity index (χ3v) is 7.03. The van der Waals surface area contributed by atoms with Crippen molar-refractivity contribution in [1.29, 1.82) is 0 Å². The monoisotopic (exact) mass is 474 g/mol. The second kappa shape index (κ2) is 8.30. The van der Waals surface area contributed by atoms with Crippen LogP contribution in [-0.4, -0.2) is 27.7 Å². The van der Waals surface area contributed by atoms with Gasteiger partial charge >= 0.3 is 12.1 Å². The fraction of sp³-hybridized carbons (Fsp3) is 0.435. The number of halogens is 5. The van der Waals surface area contributed by atoms with Crippen LogP contribution in [0.3, 0.4) is 0 Å². The highest BCUT2D eigenvalue weighted by atomic mass is 35.5. The van der Waals surface area contributed by atoms with Crippen LogP contribution in [0.2, 0.25) is 0 Å². The van der Waals surface area contributed by atoms with Gasteiger partial charge in [-0.1, -0.05) is 85.6 Å². The number of esters is 1. The molecule has 1 saturated carbocycles. The van der Waals surface area contributed by atoms with Gasteiger partial charge in [-0.3, -0.25) is 4.79 Å². The van der Waals surface area contributed by atoms with Gasteiger partial charge in [-0.05, 0) is 34.6 Å². The number of carbonyl (C=O) groups excluding carboxylic acids is 1. The van der Waals surface area contributed by atoms with Crippen molar-refractivity contribution < 1.29 is 27.8 Å². The van der Waals surface area contributed by atoms with Gasteiger partial charge in [0, 0.05) is 5.92 Å². The Bertz CT molecular complexity index is 958. The molecule has 168 valence electrons. The van der Waals surface area contributed by atoms with Gasteiger partial charge < -0.3 is 9.84 Å². The molecule has 2 aromatic carbocycles. The van der Waals surface area contributed by atoms with Gasteiger partial charge in [0.15, 0.2) is 0 Å². The molecule has 3 unspecified atom stereocenters. The van der Waals surface area contributed by atoms with Crippen molar-refractivity contribution >= 4 is 29.2 Å². The summed E-state index contributed by atoms with van der Waals surface area (Å²) >= 11 is 10.8. The SMILES string of the molecule is Cc1c(COC(=O)C2C(C(O)C(Cl)(Cl)C(F)(F)F)C2(C)C)cccc1-c1ccccc1. The van der Waals surface area contributed by atoms with Crippen molar-refractivity contribution in [3.8, 4) is 11.1 Å². The van der Waals surface area contributed by atoms with E-state index in [0.717, 1.165) is 22.3 Å². The molecule has 1 fully saturated rings. The highest BCUT2D eigenvalue weighted by Gasteiger charge is 2.72. The third kappa shape index (κ3) is 4.43. The van der Waals surface area contributed by atoms with Crippen molar-refractivity contribution in [3.05, 3.63) is 59.7 Å². The lowest BCUT2D eigenvalue weighted by atomic mass is 9.97. The fourth-order valence-electron chi connectivity index (χ4n) is 4.12. The third-order valence-electron chi connectivity index (χ3n) is 6.15. The van der Waals surface area contributed by atoms with Crippen LogP contribution in [0.15, 0.2) is 48.5 Å². The van der Waals surface area contributed by atoms with Crippen LogP contribution in [0.25, 0.3) is 11.1 Å². The van der Waals surface area contributed by atoms with Crippen molar-refractivity contribution in [2.24, 2.45) is 17.3 Å². The van der Waals surface area contributed by atoms with Crippen molar-refractivity contribution in [3.63, 3.8) is 0 Å². The predicted molar refractivity (Wildman–Crippen MR) is 114 cm³/mol. The van der Waals surface area contributed by atoms with E-state index in [1.54, 1.807) is 13.8 Å². The zero-order valence-corrected chi connectivity index (χ0v) is 18.7. The first kappa shape index (κ1) is 23.9. The minimum atomic E-state index is -5.04. The average Bonchev–Trinajstić information content (AvgIpc) is 3.28. The lowest BCUT2D eigenvalue weighted by molar-refractivity contribution is -0.166. The first-order valence-corrected chi connectivity index (χ1v) is 10.5. The van der Waals surface area contributed by atoms with Crippen LogP contribution in [0, 0.1) is 24.2 Å². The van der Waals surface area contributed by atoms with E-state index in [4.69, 9.17) is 27.9 Å². The van der Waals surface area contributed by atoms with Crippen molar-refractivity contribution in [2.45, 2.75) is 44.0 Å². The van der Waals surface area contributed by atoms with Crippen molar-refractivity contribution in [1.82, 2.24) is 0 Å². The van der Waals surface area contributed by atoms with Crippen LogP contribution in [0.5, 0.6) is 0 Å². The molecule has 1 aliphatic rings. The summed E-state index contributed by atoms with van der Waals surface area (Å²) in [5, 5.41) is 10.2. The van der Waals surface area contributed by atoms with Crippen LogP contribution >= 0.6 is 23.2 Å². The largest absolute Gasteiger partial charge is 0.461 e. The molecule has 0 radical (unpaired) electrons. The molecular weight excluding hydrogens is 452 g/mol. The molecule has 0 aromatic heterocycles. The Balaban J connectivity index is 1.72. The van der Waals surface area contributed by atoms with Crippen LogP contribution in [0.1, 0.15) is 25.0 Å². The Morgan fingerprint density at radius 3 is 2.32 bits per heavy atom. The Labute approximate surface area is 189 Å². The van der Waals surface area contributed by atoms with Gasteiger partial charge in [0.2, 0.25) is 4.33 Å². The smallest absolute Gasteiger partial charge is 0.424 e. The summed E-state index contributed by atoms with van der Waals surface area (Å²) in [4.78, 5) is 12.7. The van der Waals surface area contributed by atoms with Gasteiger partial charge in [0.1, 0.15) is 12.7 Å². The van der Waals surface area contributed by atoms with E-state index in [-0.39, 0.29) is 6.61 Å². The number of hydrogen-bond donors (Lipinski definition) is 1. The van der Waals surface area contributed by atoms with Gasteiger partial charge in [0.25, 0.3) is 0 Å². The van der Waals surface area contributed by atoms with E-state index in [1.807, 2.05) is 55.5 Å². The molecule has 31 heavy (non-hydrogen) atoms. The molecule has 0 spiro atoms. The quantitative estimate of drug-likeness (QED) is 0.407. The van der Waals surface area contributed by atoms with E-state index >= 15 is 0 Å². The van der Waals surface area contributed by atoms with E-state index in [0.29, 0.717) is 0 Å². The number of benzene rings is 2. The number of hydrogen-bond acceptors (Lipinski definition) is 3. The summed E-state index contributed by atoms with van der Waals surface area (Å²) in [6.07, 6.45) is -7.20. The Morgan fingerprint density at radius 1 is 1.13 bits per heavy atom. The highest BCUT2D eigenvalue weighted by Crippen LogP contribution is 2.64. The molecule has 0 aliphatic heterocycles. The minimum absolute atomic E-state index is 0.0348. The summed E-state index contributed by atoms with van der Waals surface area (Å²) in [7, 11) is 0. The lowest BCUT2D eigenvalue weighted by Crippen LogP contribution is -2.47. The molecule has 1 aliphatic carbocycles. The Kier molecular flexibility index (Phi) is 6.40. The van der Waals surface area contributed by atoms with Gasteiger partial charge in [0.05, 0.1) is 5.92 Å². The normalized spacial score (nSPS) is 21.5. The second-order valence-corrected chi connectivity index (χ2v) is 9.84. The maximum absolute atomic E-state index is 13.1. The zero-order valence-electron chi connectivity index (χ0n) is 17.2. The van der Waals surface area contributed by atoms with E-state index in [9.17, 15) is 23.1 Å². The number of aliphatic hydroxyl groups excluding tert-OH is 1. The molecule has 2 aromatic rings. The van der Waals surface area contributed by atoms with Crippen LogP contribution < -0.4 is 0 Å². The highest BCUT2D eigenvalue weighted by molar-refractivity contribution is 6.49. The maximum atomic E-state index is 13.1. The molecular formula is C23H23Cl2F3O3. The Hall–Kier alpha value is -1.76. The molecule has 0 heterocycles. The Morgan fingerprint density at radius 2 is 1.74 bits per heavy atom. The maximum Gasteiger partial charge on any atom is 0.424 e. The number of carbonyl (C=O) groups is 1. The first-order chi connectivity index (χ1) is 14.3.